The molecule has 0 saturated carbocycles. The van der Waals surface area contributed by atoms with Crippen LogP contribution in [0.2, 0.25) is 0 Å². The number of rotatable bonds is 8. The van der Waals surface area contributed by atoms with Gasteiger partial charge >= 0.3 is 0 Å². The zero-order valence-corrected chi connectivity index (χ0v) is 22.0. The number of hydrogen-bond donors (Lipinski definition) is 2. The van der Waals surface area contributed by atoms with Gasteiger partial charge in [-0.2, -0.15) is 4.80 Å². The van der Waals surface area contributed by atoms with Gasteiger partial charge in [-0.15, -0.1) is 10.2 Å². The highest BCUT2D eigenvalue weighted by atomic mass is 19.1. The number of amides is 2. The third-order valence-electron chi connectivity index (χ3n) is 5.65. The number of aromatic hydroxyl groups is 1. The molecule has 0 aliphatic carbocycles. The topological polar surface area (TPSA) is 122 Å². The average molecular weight is 533 g/mol. The number of carbonyl (C=O) groups is 2. The van der Waals surface area contributed by atoms with Crippen LogP contribution in [0, 0.1) is 5.82 Å². The van der Waals surface area contributed by atoms with Crippen LogP contribution >= 0.6 is 0 Å². The van der Waals surface area contributed by atoms with E-state index in [0.717, 1.165) is 4.80 Å². The largest absolute Gasteiger partial charge is 0.508 e. The highest BCUT2D eigenvalue weighted by Gasteiger charge is 2.35. The molecule has 0 saturated heterocycles. The molecule has 0 fully saturated rings. The molecule has 2 N–H and O–H groups in total. The van der Waals surface area contributed by atoms with Crippen molar-refractivity contribution < 1.29 is 23.8 Å². The van der Waals surface area contributed by atoms with Gasteiger partial charge in [0.25, 0.3) is 5.91 Å². The van der Waals surface area contributed by atoms with E-state index in [-0.39, 0.29) is 18.1 Å². The van der Waals surface area contributed by atoms with Crippen LogP contribution in [0.5, 0.6) is 11.5 Å². The van der Waals surface area contributed by atoms with Crippen LogP contribution in [-0.4, -0.2) is 49.8 Å². The summed E-state index contributed by atoms with van der Waals surface area (Å²) < 4.78 is 18.7. The SMILES string of the molecule is COc1cccc(N(C(=O)Cn2nnc(-c3ccc(F)cc3)n2)C(C(=O)NC(C)(C)C)c2ccc(O)cc2)c1. The molecule has 1 heterocycles. The highest BCUT2D eigenvalue weighted by Crippen LogP contribution is 2.32. The number of tetrazole rings is 1. The first-order valence-corrected chi connectivity index (χ1v) is 12.1. The molecular weight excluding hydrogens is 503 g/mol. The molecule has 2 amide bonds. The summed E-state index contributed by atoms with van der Waals surface area (Å²) in [6.45, 7) is 5.18. The lowest BCUT2D eigenvalue weighted by molar-refractivity contribution is -0.128. The van der Waals surface area contributed by atoms with Crippen LogP contribution in [0.25, 0.3) is 11.4 Å². The number of hydrogen-bond acceptors (Lipinski definition) is 7. The maximum absolute atomic E-state index is 13.9. The molecule has 4 aromatic rings. The van der Waals surface area contributed by atoms with Crippen molar-refractivity contribution in [2.75, 3.05) is 12.0 Å². The number of phenols is 1. The minimum absolute atomic E-state index is 0.0214. The van der Waals surface area contributed by atoms with E-state index < -0.39 is 29.2 Å². The van der Waals surface area contributed by atoms with Crippen molar-refractivity contribution in [3.05, 3.63) is 84.2 Å². The first kappa shape index (κ1) is 27.2. The Balaban J connectivity index is 1.75. The molecule has 10 nitrogen and oxygen atoms in total. The molecule has 1 atom stereocenters. The Morgan fingerprint density at radius 2 is 1.77 bits per heavy atom. The Hall–Kier alpha value is -4.80. The Labute approximate surface area is 225 Å². The van der Waals surface area contributed by atoms with Gasteiger partial charge in [0.15, 0.2) is 0 Å². The van der Waals surface area contributed by atoms with Crippen LogP contribution < -0.4 is 15.0 Å². The number of nitrogens with one attached hydrogen (secondary N) is 1. The quantitative estimate of drug-likeness (QED) is 0.353. The minimum atomic E-state index is -1.11. The van der Waals surface area contributed by atoms with Gasteiger partial charge in [0, 0.05) is 22.9 Å². The van der Waals surface area contributed by atoms with Gasteiger partial charge in [-0.1, -0.05) is 18.2 Å². The van der Waals surface area contributed by atoms with E-state index >= 15 is 0 Å². The number of halogens is 1. The molecule has 202 valence electrons. The number of carbonyl (C=O) groups excluding carboxylic acids is 2. The maximum Gasteiger partial charge on any atom is 0.251 e. The first-order chi connectivity index (χ1) is 18.5. The van der Waals surface area contributed by atoms with E-state index in [1.807, 2.05) is 20.8 Å². The molecule has 1 aromatic heterocycles. The number of phenolic OH excluding ortho intramolecular Hbond substituents is 1. The molecule has 0 spiro atoms. The molecule has 3 aromatic carbocycles. The monoisotopic (exact) mass is 532 g/mol. The highest BCUT2D eigenvalue weighted by molar-refractivity contribution is 6.01. The molecule has 0 radical (unpaired) electrons. The second-order valence-corrected chi connectivity index (χ2v) is 9.85. The summed E-state index contributed by atoms with van der Waals surface area (Å²) in [4.78, 5) is 30.1. The van der Waals surface area contributed by atoms with Gasteiger partial charge < -0.3 is 15.2 Å². The first-order valence-electron chi connectivity index (χ1n) is 12.1. The number of nitrogens with zero attached hydrogens (tertiary/aromatic N) is 5. The Kier molecular flexibility index (Phi) is 7.89. The Morgan fingerprint density at radius 1 is 1.08 bits per heavy atom. The predicted octanol–water partition coefficient (Wildman–Crippen LogP) is 3.88. The zero-order chi connectivity index (χ0) is 28.2. The van der Waals surface area contributed by atoms with Crippen molar-refractivity contribution in [1.29, 1.82) is 0 Å². The van der Waals surface area contributed by atoms with Gasteiger partial charge in [0.1, 0.15) is 29.9 Å². The van der Waals surface area contributed by atoms with Crippen LogP contribution in [0.1, 0.15) is 32.4 Å². The summed E-state index contributed by atoms with van der Waals surface area (Å²) in [6.07, 6.45) is 0. The molecule has 1 unspecified atom stereocenters. The van der Waals surface area contributed by atoms with Gasteiger partial charge in [-0.05, 0) is 80.1 Å². The van der Waals surface area contributed by atoms with Crippen molar-refractivity contribution >= 4 is 17.5 Å². The lowest BCUT2D eigenvalue weighted by Crippen LogP contribution is -2.50. The van der Waals surface area contributed by atoms with Gasteiger partial charge in [-0.25, -0.2) is 4.39 Å². The van der Waals surface area contributed by atoms with E-state index in [1.54, 1.807) is 36.4 Å². The molecule has 0 aliphatic heterocycles. The lowest BCUT2D eigenvalue weighted by atomic mass is 10.0. The average Bonchev–Trinajstić information content (AvgIpc) is 3.35. The lowest BCUT2D eigenvalue weighted by Gasteiger charge is -2.33. The normalized spacial score (nSPS) is 12.0. The number of methoxy groups -OCH3 is 1. The van der Waals surface area contributed by atoms with Gasteiger partial charge in [0.2, 0.25) is 11.7 Å². The van der Waals surface area contributed by atoms with Crippen molar-refractivity contribution in [2.24, 2.45) is 0 Å². The third kappa shape index (κ3) is 6.75. The number of anilines is 1. The van der Waals surface area contributed by atoms with Crippen molar-refractivity contribution in [3.8, 4) is 22.9 Å². The van der Waals surface area contributed by atoms with Crippen molar-refractivity contribution in [2.45, 2.75) is 38.9 Å². The number of aromatic nitrogens is 4. The molecular formula is C28H29FN6O4. The van der Waals surface area contributed by atoms with Crippen LogP contribution in [0.4, 0.5) is 10.1 Å². The summed E-state index contributed by atoms with van der Waals surface area (Å²) in [5.41, 5.74) is 0.822. The van der Waals surface area contributed by atoms with Crippen molar-refractivity contribution in [1.82, 2.24) is 25.5 Å². The van der Waals surface area contributed by atoms with E-state index in [9.17, 15) is 19.1 Å². The Bertz CT molecular complexity index is 1450. The second kappa shape index (κ2) is 11.3. The molecule has 4 rings (SSSR count). The fourth-order valence-electron chi connectivity index (χ4n) is 3.93. The van der Waals surface area contributed by atoms with E-state index in [4.69, 9.17) is 4.74 Å². The maximum atomic E-state index is 13.9. The summed E-state index contributed by atoms with van der Waals surface area (Å²) in [7, 11) is 1.51. The summed E-state index contributed by atoms with van der Waals surface area (Å²) in [5, 5.41) is 25.1. The molecule has 11 heteroatoms. The van der Waals surface area contributed by atoms with E-state index in [1.165, 1.54) is 48.4 Å². The zero-order valence-electron chi connectivity index (χ0n) is 22.0. The standard InChI is InChI=1S/C28H29FN6O4/c1-28(2,3)30-27(38)25(18-10-14-22(36)15-11-18)35(21-6-5-7-23(16-21)39-4)24(37)17-34-32-26(31-33-34)19-8-12-20(29)13-9-19/h5-16,25,36H,17H2,1-4H3,(H,30,38). The molecule has 0 bridgehead atoms. The summed E-state index contributed by atoms with van der Waals surface area (Å²) in [6, 6.07) is 17.3. The molecule has 39 heavy (non-hydrogen) atoms. The third-order valence-corrected chi connectivity index (χ3v) is 5.65. The predicted molar refractivity (Wildman–Crippen MR) is 142 cm³/mol. The number of ether oxygens (including phenoxy) is 1. The fraction of sp³-hybridized carbons (Fsp3) is 0.250. The summed E-state index contributed by atoms with van der Waals surface area (Å²) >= 11 is 0. The van der Waals surface area contributed by atoms with Crippen molar-refractivity contribution in [3.63, 3.8) is 0 Å². The molecule has 0 aliphatic rings. The van der Waals surface area contributed by atoms with E-state index in [0.29, 0.717) is 22.6 Å². The minimum Gasteiger partial charge on any atom is -0.508 e. The van der Waals surface area contributed by atoms with Crippen LogP contribution in [-0.2, 0) is 16.1 Å². The number of benzene rings is 3. The second-order valence-electron chi connectivity index (χ2n) is 9.85. The summed E-state index contributed by atoms with van der Waals surface area (Å²) in [5.74, 6) is -0.603. The van der Waals surface area contributed by atoms with E-state index in [2.05, 4.69) is 20.7 Å². The fourth-order valence-corrected chi connectivity index (χ4v) is 3.93. The van der Waals surface area contributed by atoms with Crippen LogP contribution in [0.15, 0.2) is 72.8 Å². The van der Waals surface area contributed by atoms with Gasteiger partial charge in [0.05, 0.1) is 7.11 Å². The van der Waals surface area contributed by atoms with Gasteiger partial charge in [-0.3, -0.25) is 14.5 Å². The smallest absolute Gasteiger partial charge is 0.251 e. The Morgan fingerprint density at radius 3 is 2.41 bits per heavy atom. The van der Waals surface area contributed by atoms with Crippen LogP contribution in [0.3, 0.4) is 0 Å².